The van der Waals surface area contributed by atoms with E-state index in [1.165, 1.54) is 194 Å². The van der Waals surface area contributed by atoms with Gasteiger partial charge in [-0.05, 0) is 212 Å². The zero-order valence-corrected chi connectivity index (χ0v) is 63.5. The molecule has 0 radical (unpaired) electrons. The zero-order valence-electron chi connectivity index (χ0n) is 61.9. The van der Waals surface area contributed by atoms with Crippen molar-refractivity contribution in [1.29, 1.82) is 0 Å². The highest BCUT2D eigenvalue weighted by Crippen LogP contribution is 2.46. The molecule has 0 fully saturated rings. The quantitative estimate of drug-likeness (QED) is 0.130. The Balaban J connectivity index is 0.000000135. The van der Waals surface area contributed by atoms with Crippen LogP contribution in [0, 0.1) is 0 Å². The third-order valence-corrected chi connectivity index (χ3v) is 25.7. The third-order valence-electron chi connectivity index (χ3n) is 23.4. The molecule has 0 saturated carbocycles. The van der Waals surface area contributed by atoms with Gasteiger partial charge in [0.25, 0.3) is 0 Å². The fourth-order valence-corrected chi connectivity index (χ4v) is 20.5. The molecule has 0 amide bonds. The van der Waals surface area contributed by atoms with Gasteiger partial charge < -0.3 is 18.3 Å². The second kappa shape index (κ2) is 26.7. The largest absolute Gasteiger partial charge is 0.309 e. The van der Waals surface area contributed by atoms with E-state index in [1.54, 1.807) is 0 Å². The zero-order chi connectivity index (χ0) is 74.9. The summed E-state index contributed by atoms with van der Waals surface area (Å²) in [6, 6.07) is 151. The Hall–Kier alpha value is -14.4. The van der Waals surface area contributed by atoms with Gasteiger partial charge >= 0.3 is 0 Å². The van der Waals surface area contributed by atoms with E-state index in [0.29, 0.717) is 0 Å². The number of fused-ring (bicyclic) bond motifs is 18. The van der Waals surface area contributed by atoms with Gasteiger partial charge in [0, 0.05) is 106 Å². The highest BCUT2D eigenvalue weighted by molar-refractivity contribution is 7.26. The van der Waals surface area contributed by atoms with Gasteiger partial charge in [-0.3, -0.25) is 0 Å². The van der Waals surface area contributed by atoms with Crippen molar-refractivity contribution in [1.82, 2.24) is 18.3 Å². The molecular formula is C108H68N4S2. The molecule has 6 heteroatoms. The second-order valence-electron chi connectivity index (χ2n) is 29.8. The number of hydrogen-bond donors (Lipinski definition) is 0. The van der Waals surface area contributed by atoms with E-state index in [4.69, 9.17) is 0 Å². The minimum absolute atomic E-state index is 1.16. The van der Waals surface area contributed by atoms with Gasteiger partial charge in [0.2, 0.25) is 0 Å². The Bertz CT molecular complexity index is 7980. The lowest BCUT2D eigenvalue weighted by Gasteiger charge is -2.12. The number of hydrogen-bond acceptors (Lipinski definition) is 2. The molecule has 532 valence electrons. The van der Waals surface area contributed by atoms with Crippen molar-refractivity contribution in [3.05, 3.63) is 413 Å². The molecule has 18 aromatic carbocycles. The minimum Gasteiger partial charge on any atom is -0.309 e. The van der Waals surface area contributed by atoms with Crippen molar-refractivity contribution in [3.8, 4) is 89.5 Å². The van der Waals surface area contributed by atoms with Crippen molar-refractivity contribution < 1.29 is 0 Å². The molecule has 0 saturated heterocycles. The molecule has 0 unspecified atom stereocenters. The molecule has 0 bridgehead atoms. The lowest BCUT2D eigenvalue weighted by molar-refractivity contribution is 1.18. The molecule has 0 N–H and O–H groups in total. The molecule has 6 heterocycles. The van der Waals surface area contributed by atoms with E-state index >= 15 is 0 Å². The summed E-state index contributed by atoms with van der Waals surface area (Å²) >= 11 is 3.74. The maximum Gasteiger partial charge on any atom is 0.0541 e. The number of benzene rings is 18. The predicted octanol–water partition coefficient (Wildman–Crippen LogP) is 30.5. The van der Waals surface area contributed by atoms with E-state index in [1.807, 2.05) is 22.7 Å². The van der Waals surface area contributed by atoms with Crippen LogP contribution in [0.4, 0.5) is 0 Å². The Labute approximate surface area is 665 Å². The summed E-state index contributed by atoms with van der Waals surface area (Å²) < 4.78 is 15.0. The van der Waals surface area contributed by atoms with Gasteiger partial charge in [-0.25, -0.2) is 0 Å². The van der Waals surface area contributed by atoms with Gasteiger partial charge in [0.05, 0.1) is 44.1 Å². The highest BCUT2D eigenvalue weighted by Gasteiger charge is 2.22. The summed E-state index contributed by atoms with van der Waals surface area (Å²) in [5.41, 5.74) is 29.0. The number of thiophene rings is 2. The molecule has 0 spiro atoms. The van der Waals surface area contributed by atoms with Gasteiger partial charge in [-0.2, -0.15) is 0 Å². The van der Waals surface area contributed by atoms with Gasteiger partial charge in [0.1, 0.15) is 0 Å². The number of aromatic nitrogens is 4. The average Bonchev–Trinajstić information content (AvgIpc) is 1.59. The average molecular weight is 1490 g/mol. The highest BCUT2D eigenvalue weighted by atomic mass is 32.1. The van der Waals surface area contributed by atoms with Crippen LogP contribution in [0.15, 0.2) is 413 Å². The Morgan fingerprint density at radius 1 is 0.140 bits per heavy atom. The maximum atomic E-state index is 2.43. The summed E-state index contributed by atoms with van der Waals surface area (Å²) in [6.45, 7) is 0. The smallest absolute Gasteiger partial charge is 0.0541 e. The summed E-state index contributed by atoms with van der Waals surface area (Å²) in [5, 5.41) is 15.3. The lowest BCUT2D eigenvalue weighted by Crippen LogP contribution is -1.94. The molecule has 0 aliphatic carbocycles. The van der Waals surface area contributed by atoms with Crippen LogP contribution in [-0.2, 0) is 0 Å². The molecule has 24 rings (SSSR count). The maximum absolute atomic E-state index is 2.43. The summed E-state index contributed by atoms with van der Waals surface area (Å²) in [5.74, 6) is 0. The first-order valence-electron chi connectivity index (χ1n) is 39.0. The van der Waals surface area contributed by atoms with Crippen LogP contribution in [0.5, 0.6) is 0 Å². The molecule has 4 nitrogen and oxygen atoms in total. The second-order valence-corrected chi connectivity index (χ2v) is 32.0. The SMILES string of the molecule is c1ccc(-c2cccc(-n3c4ccccc4c4cc(-c5ccc6c(c5)c5ccccc5n6-c5ccc(-c6cccc7sc8ccccc8c67)cc5)ccc43)c2)cc1.c1ccc(-c2cccc(-n3c4ccccc4c4cc(-c5ccc6c(c5)c5ccccc5n6-c5cccc(-c6cccc7sc8ccccc8c67)c5)ccc43)c2)cc1. The fraction of sp³-hybridized carbons (Fsp3) is 0. The fourth-order valence-electron chi connectivity index (χ4n) is 18.3. The normalized spacial score (nSPS) is 11.9. The minimum atomic E-state index is 1.16. The van der Waals surface area contributed by atoms with Crippen molar-refractivity contribution in [3.63, 3.8) is 0 Å². The van der Waals surface area contributed by atoms with E-state index in [-0.39, 0.29) is 0 Å². The van der Waals surface area contributed by atoms with Crippen molar-refractivity contribution in [2.75, 3.05) is 0 Å². The van der Waals surface area contributed by atoms with Crippen LogP contribution in [0.1, 0.15) is 0 Å². The van der Waals surface area contributed by atoms with Crippen LogP contribution in [0.25, 0.3) is 217 Å². The van der Waals surface area contributed by atoms with Crippen LogP contribution in [-0.4, -0.2) is 18.3 Å². The monoisotopic (exact) mass is 1480 g/mol. The first-order chi connectivity index (χ1) is 56.5. The Morgan fingerprint density at radius 3 is 0.789 bits per heavy atom. The van der Waals surface area contributed by atoms with Crippen LogP contribution in [0.3, 0.4) is 0 Å². The molecular weight excluding hydrogens is 1420 g/mol. The van der Waals surface area contributed by atoms with E-state index in [2.05, 4.69) is 431 Å². The van der Waals surface area contributed by atoms with Crippen molar-refractivity contribution >= 4 is 150 Å². The van der Waals surface area contributed by atoms with Gasteiger partial charge in [-0.1, -0.05) is 267 Å². The Kier molecular flexibility index (Phi) is 15.3. The van der Waals surface area contributed by atoms with Crippen LogP contribution in [0.2, 0.25) is 0 Å². The first-order valence-corrected chi connectivity index (χ1v) is 40.6. The molecule has 24 aromatic rings. The summed E-state index contributed by atoms with van der Waals surface area (Å²) in [4.78, 5) is 0. The van der Waals surface area contributed by atoms with E-state index < -0.39 is 0 Å². The van der Waals surface area contributed by atoms with Gasteiger partial charge in [0.15, 0.2) is 0 Å². The molecule has 0 aliphatic rings. The number of rotatable bonds is 10. The lowest BCUT2D eigenvalue weighted by atomic mass is 9.99. The van der Waals surface area contributed by atoms with Crippen LogP contribution < -0.4 is 0 Å². The molecule has 6 aromatic heterocycles. The van der Waals surface area contributed by atoms with E-state index in [0.717, 1.165) is 22.7 Å². The van der Waals surface area contributed by atoms with Crippen LogP contribution >= 0.6 is 22.7 Å². The Morgan fingerprint density at radius 2 is 0.404 bits per heavy atom. The molecule has 0 atom stereocenters. The number of nitrogens with zero attached hydrogens (tertiary/aromatic N) is 4. The summed E-state index contributed by atoms with van der Waals surface area (Å²) in [6.07, 6.45) is 0. The predicted molar refractivity (Wildman–Crippen MR) is 489 cm³/mol. The van der Waals surface area contributed by atoms with Crippen molar-refractivity contribution in [2.24, 2.45) is 0 Å². The third kappa shape index (κ3) is 10.7. The topological polar surface area (TPSA) is 19.7 Å². The standard InChI is InChI=1S/2C54H34N2S/c1-2-13-35(14-3-1)36-15-10-17-40(31-36)55-48-23-7-4-19-43(48)46-33-37(27-29-50(46)55)38-28-30-51-47(34-38)44-20-5-8-24-49(44)56(51)41-18-11-16-39(32-41)42-22-12-26-53-54(42)45-21-6-9-25-52(45)57-53;1-2-12-35(13-3-1)37-14-10-15-41(32-37)56-49-21-8-5-17-44(49)47-34-39(27-31-51(47)56)38-26-30-50-46(33-38)43-16-4-7-20-48(43)55(50)40-28-24-36(25-29-40)42-19-11-23-53-54(42)45-18-6-9-22-52(45)57-53/h2*1-34H. The first kappa shape index (κ1) is 65.5. The van der Waals surface area contributed by atoms with Crippen molar-refractivity contribution in [2.45, 2.75) is 0 Å². The van der Waals surface area contributed by atoms with E-state index in [9.17, 15) is 0 Å². The molecule has 114 heavy (non-hydrogen) atoms. The molecule has 0 aliphatic heterocycles. The summed E-state index contributed by atoms with van der Waals surface area (Å²) in [7, 11) is 0. The number of para-hydroxylation sites is 4. The van der Waals surface area contributed by atoms with Gasteiger partial charge in [-0.15, -0.1) is 22.7 Å².